The zero-order valence-electron chi connectivity index (χ0n) is 7.57. The number of rotatable bonds is 3. The molecule has 0 atom stereocenters. The van der Waals surface area contributed by atoms with Crippen molar-refractivity contribution in [3.63, 3.8) is 0 Å². The summed E-state index contributed by atoms with van der Waals surface area (Å²) in [6.07, 6.45) is 6.65. The lowest BCUT2D eigenvalue weighted by molar-refractivity contribution is 0.991. The van der Waals surface area contributed by atoms with E-state index >= 15 is 0 Å². The monoisotopic (exact) mass is 138 g/mol. The van der Waals surface area contributed by atoms with E-state index in [2.05, 4.69) is 39.8 Å². The van der Waals surface area contributed by atoms with E-state index in [0.29, 0.717) is 0 Å². The van der Waals surface area contributed by atoms with Gasteiger partial charge in [0.15, 0.2) is 0 Å². The molecule has 0 aliphatic rings. The zero-order chi connectivity index (χ0) is 7.98. The summed E-state index contributed by atoms with van der Waals surface area (Å²) >= 11 is 0. The van der Waals surface area contributed by atoms with E-state index in [1.54, 1.807) is 5.57 Å². The van der Waals surface area contributed by atoms with Gasteiger partial charge in [0, 0.05) is 0 Å². The highest BCUT2D eigenvalue weighted by Crippen LogP contribution is 2.12. The summed E-state index contributed by atoms with van der Waals surface area (Å²) in [7, 11) is 0. The van der Waals surface area contributed by atoms with Crippen molar-refractivity contribution in [3.8, 4) is 0 Å². The quantitative estimate of drug-likeness (QED) is 0.522. The Morgan fingerprint density at radius 3 is 2.20 bits per heavy atom. The molecule has 0 unspecified atom stereocenters. The molecule has 0 N–H and O–H groups in total. The highest BCUT2D eigenvalue weighted by atomic mass is 14.0. The van der Waals surface area contributed by atoms with Gasteiger partial charge in [-0.15, -0.1) is 0 Å². The Kier molecular flexibility index (Phi) is 5.00. The maximum atomic E-state index is 2.21. The third-order valence-corrected chi connectivity index (χ3v) is 1.73. The van der Waals surface area contributed by atoms with Crippen LogP contribution in [0.15, 0.2) is 23.3 Å². The predicted molar refractivity (Wildman–Crippen MR) is 48.1 cm³/mol. The molecule has 0 spiro atoms. The maximum absolute atomic E-state index is 2.21. The Morgan fingerprint density at radius 1 is 1.30 bits per heavy atom. The minimum atomic E-state index is 1.13. The minimum absolute atomic E-state index is 1.13. The second-order valence-electron chi connectivity index (χ2n) is 2.73. The largest absolute Gasteiger partial charge is 0.0913 e. The van der Waals surface area contributed by atoms with Crippen molar-refractivity contribution in [2.75, 3.05) is 0 Å². The van der Waals surface area contributed by atoms with Crippen molar-refractivity contribution in [1.29, 1.82) is 0 Å². The summed E-state index contributed by atoms with van der Waals surface area (Å²) in [5.41, 5.74) is 3.04. The van der Waals surface area contributed by atoms with Crippen molar-refractivity contribution < 1.29 is 0 Å². The standard InChI is InChI=1S/C10H18/c1-5-7-8-10(6-2)9(3)4/h5,7H,6,8H2,1-4H3/b7-5+. The summed E-state index contributed by atoms with van der Waals surface area (Å²) in [6, 6.07) is 0. The van der Waals surface area contributed by atoms with Gasteiger partial charge in [-0.3, -0.25) is 0 Å². The molecule has 0 aromatic rings. The second kappa shape index (κ2) is 5.28. The van der Waals surface area contributed by atoms with Crippen LogP contribution in [0.3, 0.4) is 0 Å². The van der Waals surface area contributed by atoms with E-state index in [-0.39, 0.29) is 0 Å². The van der Waals surface area contributed by atoms with E-state index in [1.807, 2.05) is 0 Å². The van der Waals surface area contributed by atoms with E-state index < -0.39 is 0 Å². The molecule has 0 saturated heterocycles. The molecule has 0 saturated carbocycles. The van der Waals surface area contributed by atoms with Crippen molar-refractivity contribution in [1.82, 2.24) is 0 Å². The molecule has 0 fully saturated rings. The first kappa shape index (κ1) is 9.48. The molecule has 0 aromatic carbocycles. The van der Waals surface area contributed by atoms with Gasteiger partial charge in [-0.1, -0.05) is 30.2 Å². The zero-order valence-corrected chi connectivity index (χ0v) is 7.57. The first-order valence-electron chi connectivity index (χ1n) is 3.98. The number of allylic oxidation sites excluding steroid dienone is 4. The molecule has 0 aliphatic heterocycles. The summed E-state index contributed by atoms with van der Waals surface area (Å²) in [5.74, 6) is 0. The van der Waals surface area contributed by atoms with Gasteiger partial charge in [0.1, 0.15) is 0 Å². The van der Waals surface area contributed by atoms with E-state index in [1.165, 1.54) is 12.0 Å². The summed E-state index contributed by atoms with van der Waals surface area (Å²) in [4.78, 5) is 0. The lowest BCUT2D eigenvalue weighted by Gasteiger charge is -2.02. The highest BCUT2D eigenvalue weighted by molar-refractivity contribution is 5.12. The minimum Gasteiger partial charge on any atom is -0.0913 e. The fraction of sp³-hybridized carbons (Fsp3) is 0.600. The highest BCUT2D eigenvalue weighted by Gasteiger charge is 1.91. The third kappa shape index (κ3) is 3.49. The third-order valence-electron chi connectivity index (χ3n) is 1.73. The van der Waals surface area contributed by atoms with Crippen LogP contribution in [0.5, 0.6) is 0 Å². The molecule has 0 amide bonds. The molecular weight excluding hydrogens is 120 g/mol. The molecular formula is C10H18. The van der Waals surface area contributed by atoms with Gasteiger partial charge in [0.25, 0.3) is 0 Å². The van der Waals surface area contributed by atoms with Gasteiger partial charge in [-0.05, 0) is 33.6 Å². The van der Waals surface area contributed by atoms with Crippen LogP contribution in [0.1, 0.15) is 40.5 Å². The van der Waals surface area contributed by atoms with Crippen molar-refractivity contribution in [2.24, 2.45) is 0 Å². The van der Waals surface area contributed by atoms with Gasteiger partial charge in [-0.25, -0.2) is 0 Å². The first-order valence-corrected chi connectivity index (χ1v) is 3.98. The topological polar surface area (TPSA) is 0 Å². The maximum Gasteiger partial charge on any atom is -0.0137 e. The fourth-order valence-corrected chi connectivity index (χ4v) is 0.962. The summed E-state index contributed by atoms with van der Waals surface area (Å²) in [6.45, 7) is 8.65. The van der Waals surface area contributed by atoms with Gasteiger partial charge in [0.2, 0.25) is 0 Å². The van der Waals surface area contributed by atoms with Crippen molar-refractivity contribution in [2.45, 2.75) is 40.5 Å². The Morgan fingerprint density at radius 2 is 1.90 bits per heavy atom. The molecule has 58 valence electrons. The smallest absolute Gasteiger partial charge is 0.0137 e. The molecule has 0 bridgehead atoms. The Bertz CT molecular complexity index is 134. The van der Waals surface area contributed by atoms with Crippen LogP contribution in [0.25, 0.3) is 0 Å². The number of hydrogen-bond donors (Lipinski definition) is 0. The van der Waals surface area contributed by atoms with Crippen LogP contribution in [-0.2, 0) is 0 Å². The average Bonchev–Trinajstić information content (AvgIpc) is 1.89. The summed E-state index contributed by atoms with van der Waals surface area (Å²) in [5, 5.41) is 0. The lowest BCUT2D eigenvalue weighted by Crippen LogP contribution is -1.81. The van der Waals surface area contributed by atoms with Crippen molar-refractivity contribution >= 4 is 0 Å². The van der Waals surface area contributed by atoms with Gasteiger partial charge in [-0.2, -0.15) is 0 Å². The van der Waals surface area contributed by atoms with E-state index in [0.717, 1.165) is 6.42 Å². The molecule has 10 heavy (non-hydrogen) atoms. The van der Waals surface area contributed by atoms with Crippen LogP contribution in [-0.4, -0.2) is 0 Å². The molecule has 0 heteroatoms. The SMILES string of the molecule is C/C=C/CC(CC)=C(C)C. The van der Waals surface area contributed by atoms with Crippen LogP contribution in [0.2, 0.25) is 0 Å². The molecule has 0 aromatic heterocycles. The van der Waals surface area contributed by atoms with Crippen molar-refractivity contribution in [3.05, 3.63) is 23.3 Å². The lowest BCUT2D eigenvalue weighted by atomic mass is 10.0. The molecule has 0 rings (SSSR count). The van der Waals surface area contributed by atoms with Crippen LogP contribution < -0.4 is 0 Å². The predicted octanol–water partition coefficient (Wildman–Crippen LogP) is 3.70. The molecule has 0 nitrogen and oxygen atoms in total. The van der Waals surface area contributed by atoms with Crippen LogP contribution >= 0.6 is 0 Å². The molecule has 0 aliphatic carbocycles. The first-order chi connectivity index (χ1) is 4.72. The summed E-state index contributed by atoms with van der Waals surface area (Å²) < 4.78 is 0. The number of hydrogen-bond acceptors (Lipinski definition) is 0. The van der Waals surface area contributed by atoms with E-state index in [4.69, 9.17) is 0 Å². The molecule has 0 radical (unpaired) electrons. The Hall–Kier alpha value is -0.520. The van der Waals surface area contributed by atoms with Gasteiger partial charge < -0.3 is 0 Å². The Labute approximate surface area is 64.6 Å². The Balaban J connectivity index is 3.97. The average molecular weight is 138 g/mol. The normalized spacial score (nSPS) is 10.4. The van der Waals surface area contributed by atoms with E-state index in [9.17, 15) is 0 Å². The van der Waals surface area contributed by atoms with Gasteiger partial charge in [0.05, 0.1) is 0 Å². The van der Waals surface area contributed by atoms with Crippen LogP contribution in [0, 0.1) is 0 Å². The van der Waals surface area contributed by atoms with Gasteiger partial charge >= 0.3 is 0 Å². The molecule has 0 heterocycles. The van der Waals surface area contributed by atoms with Crippen LogP contribution in [0.4, 0.5) is 0 Å². The fourth-order valence-electron chi connectivity index (χ4n) is 0.962. The second-order valence-corrected chi connectivity index (χ2v) is 2.73.